The summed E-state index contributed by atoms with van der Waals surface area (Å²) >= 11 is 0. The van der Waals surface area contributed by atoms with Crippen molar-refractivity contribution in [3.63, 3.8) is 0 Å². The van der Waals surface area contributed by atoms with Crippen LogP contribution in [-0.4, -0.2) is 5.11 Å². The lowest BCUT2D eigenvalue weighted by Gasteiger charge is -1.96. The molecule has 0 heterocycles. The van der Waals surface area contributed by atoms with E-state index in [0.717, 1.165) is 12.7 Å². The zero-order chi connectivity index (χ0) is 9.78. The molecule has 1 heteroatoms. The average Bonchev–Trinajstić information content (AvgIpc) is 2.16. The molecule has 1 nitrogen and oxygen atoms in total. The summed E-state index contributed by atoms with van der Waals surface area (Å²) in [6.45, 7) is 2.24. The van der Waals surface area contributed by atoms with Crippen LogP contribution in [0.4, 0.5) is 0 Å². The fourth-order valence-electron chi connectivity index (χ4n) is 1.27. The van der Waals surface area contributed by atoms with Gasteiger partial charge < -0.3 is 5.11 Å². The standard InChI is InChI=1S/C12H22O/c1-2-3-4-5-6-7-8-9-10-11-12-13/h9-13H,2-8H2,1H3/b10-9?,12-11+. The molecule has 0 saturated carbocycles. The van der Waals surface area contributed by atoms with Crippen LogP contribution in [0.15, 0.2) is 24.5 Å². The van der Waals surface area contributed by atoms with Gasteiger partial charge in [0.15, 0.2) is 0 Å². The molecule has 0 aromatic carbocycles. The molecular formula is C12H22O. The van der Waals surface area contributed by atoms with Gasteiger partial charge in [-0.05, 0) is 18.9 Å². The molecule has 0 aliphatic heterocycles. The van der Waals surface area contributed by atoms with Crippen LogP contribution in [0.3, 0.4) is 0 Å². The number of rotatable bonds is 8. The Morgan fingerprint density at radius 2 is 1.62 bits per heavy atom. The zero-order valence-electron chi connectivity index (χ0n) is 8.71. The van der Waals surface area contributed by atoms with Crippen LogP contribution in [-0.2, 0) is 0 Å². The molecule has 0 aromatic rings. The number of aliphatic hydroxyl groups is 1. The highest BCUT2D eigenvalue weighted by atomic mass is 16.2. The van der Waals surface area contributed by atoms with Crippen molar-refractivity contribution in [1.29, 1.82) is 0 Å². The van der Waals surface area contributed by atoms with Gasteiger partial charge in [-0.15, -0.1) is 0 Å². The second kappa shape index (κ2) is 11.3. The molecule has 0 rings (SSSR count). The van der Waals surface area contributed by atoms with Crippen molar-refractivity contribution in [2.24, 2.45) is 0 Å². The molecule has 0 radical (unpaired) electrons. The maximum Gasteiger partial charge on any atom is 0.0791 e. The number of unbranched alkanes of at least 4 members (excludes halogenated alkanes) is 6. The SMILES string of the molecule is CCCCCCCCC=C/C=C/O. The molecule has 0 atom stereocenters. The summed E-state index contributed by atoms with van der Waals surface area (Å²) in [4.78, 5) is 0. The fraction of sp³-hybridized carbons (Fsp3) is 0.667. The Balaban J connectivity index is 2.99. The van der Waals surface area contributed by atoms with Crippen LogP contribution in [0.5, 0.6) is 0 Å². The normalized spacial score (nSPS) is 11.8. The second-order valence-corrected chi connectivity index (χ2v) is 3.33. The lowest BCUT2D eigenvalue weighted by Crippen LogP contribution is -1.77. The lowest BCUT2D eigenvalue weighted by molar-refractivity contribution is 0.473. The first-order valence-corrected chi connectivity index (χ1v) is 5.37. The van der Waals surface area contributed by atoms with Crippen LogP contribution in [0.1, 0.15) is 51.9 Å². The Hall–Kier alpha value is -0.720. The molecular weight excluding hydrogens is 160 g/mol. The third-order valence-electron chi connectivity index (χ3n) is 2.06. The van der Waals surface area contributed by atoms with Gasteiger partial charge in [-0.1, -0.05) is 51.2 Å². The van der Waals surface area contributed by atoms with Gasteiger partial charge in [-0.25, -0.2) is 0 Å². The van der Waals surface area contributed by atoms with E-state index < -0.39 is 0 Å². The number of aliphatic hydroxyl groups excluding tert-OH is 1. The van der Waals surface area contributed by atoms with E-state index in [1.54, 1.807) is 6.08 Å². The quantitative estimate of drug-likeness (QED) is 0.336. The summed E-state index contributed by atoms with van der Waals surface area (Å²) in [6, 6.07) is 0. The van der Waals surface area contributed by atoms with E-state index in [2.05, 4.69) is 13.0 Å². The topological polar surface area (TPSA) is 20.2 Å². The Morgan fingerprint density at radius 1 is 0.923 bits per heavy atom. The van der Waals surface area contributed by atoms with Crippen LogP contribution in [0.2, 0.25) is 0 Å². The predicted molar refractivity (Wildman–Crippen MR) is 58.9 cm³/mol. The summed E-state index contributed by atoms with van der Waals surface area (Å²) in [7, 11) is 0. The summed E-state index contributed by atoms with van der Waals surface area (Å²) in [5.41, 5.74) is 0. The maximum absolute atomic E-state index is 8.33. The monoisotopic (exact) mass is 182 g/mol. The fourth-order valence-corrected chi connectivity index (χ4v) is 1.27. The van der Waals surface area contributed by atoms with Gasteiger partial charge in [-0.3, -0.25) is 0 Å². The van der Waals surface area contributed by atoms with Crippen molar-refractivity contribution in [3.8, 4) is 0 Å². The first-order chi connectivity index (χ1) is 6.41. The van der Waals surface area contributed by atoms with E-state index >= 15 is 0 Å². The number of hydrogen-bond donors (Lipinski definition) is 1. The van der Waals surface area contributed by atoms with Crippen LogP contribution in [0.25, 0.3) is 0 Å². The van der Waals surface area contributed by atoms with Crippen molar-refractivity contribution < 1.29 is 5.11 Å². The molecule has 0 unspecified atom stereocenters. The van der Waals surface area contributed by atoms with Gasteiger partial charge in [0.25, 0.3) is 0 Å². The molecule has 0 aliphatic rings. The molecule has 0 saturated heterocycles. The first kappa shape index (κ1) is 12.3. The van der Waals surface area contributed by atoms with E-state index in [0.29, 0.717) is 0 Å². The lowest BCUT2D eigenvalue weighted by atomic mass is 10.1. The van der Waals surface area contributed by atoms with Gasteiger partial charge in [0.2, 0.25) is 0 Å². The van der Waals surface area contributed by atoms with Gasteiger partial charge in [0, 0.05) is 0 Å². The number of hydrogen-bond acceptors (Lipinski definition) is 1. The molecule has 0 spiro atoms. The smallest absolute Gasteiger partial charge is 0.0791 e. The van der Waals surface area contributed by atoms with Crippen molar-refractivity contribution in [1.82, 2.24) is 0 Å². The maximum atomic E-state index is 8.33. The van der Waals surface area contributed by atoms with E-state index in [-0.39, 0.29) is 0 Å². The largest absolute Gasteiger partial charge is 0.516 e. The summed E-state index contributed by atoms with van der Waals surface area (Å²) in [6.07, 6.45) is 15.9. The highest BCUT2D eigenvalue weighted by molar-refractivity contribution is 4.98. The summed E-state index contributed by atoms with van der Waals surface area (Å²) in [5.74, 6) is 0. The van der Waals surface area contributed by atoms with E-state index in [4.69, 9.17) is 5.11 Å². The number of allylic oxidation sites excluding steroid dienone is 3. The van der Waals surface area contributed by atoms with Crippen LogP contribution in [0, 0.1) is 0 Å². The van der Waals surface area contributed by atoms with Gasteiger partial charge >= 0.3 is 0 Å². The van der Waals surface area contributed by atoms with Gasteiger partial charge in [-0.2, -0.15) is 0 Å². The molecule has 0 aromatic heterocycles. The molecule has 0 amide bonds. The van der Waals surface area contributed by atoms with Gasteiger partial charge in [0.05, 0.1) is 6.26 Å². The molecule has 1 N–H and O–H groups in total. The molecule has 0 aliphatic carbocycles. The average molecular weight is 182 g/mol. The highest BCUT2D eigenvalue weighted by Crippen LogP contribution is 2.06. The highest BCUT2D eigenvalue weighted by Gasteiger charge is 1.87. The Kier molecular flexibility index (Phi) is 10.7. The van der Waals surface area contributed by atoms with Crippen LogP contribution >= 0.6 is 0 Å². The van der Waals surface area contributed by atoms with E-state index in [1.165, 1.54) is 38.5 Å². The molecule has 0 fully saturated rings. The molecule has 76 valence electrons. The minimum absolute atomic E-state index is 1.07. The predicted octanol–water partition coefficient (Wildman–Crippen LogP) is 4.36. The second-order valence-electron chi connectivity index (χ2n) is 3.33. The third-order valence-corrected chi connectivity index (χ3v) is 2.06. The molecule has 13 heavy (non-hydrogen) atoms. The van der Waals surface area contributed by atoms with E-state index in [9.17, 15) is 0 Å². The van der Waals surface area contributed by atoms with Crippen molar-refractivity contribution in [2.75, 3.05) is 0 Å². The van der Waals surface area contributed by atoms with Crippen molar-refractivity contribution in [2.45, 2.75) is 51.9 Å². The Bertz CT molecular complexity index is 136. The Labute approximate surface area is 82.2 Å². The Morgan fingerprint density at radius 3 is 2.31 bits per heavy atom. The summed E-state index contributed by atoms with van der Waals surface area (Å²) < 4.78 is 0. The minimum atomic E-state index is 1.07. The van der Waals surface area contributed by atoms with Crippen LogP contribution < -0.4 is 0 Å². The van der Waals surface area contributed by atoms with E-state index in [1.807, 2.05) is 6.08 Å². The molecule has 0 bridgehead atoms. The van der Waals surface area contributed by atoms with Crippen molar-refractivity contribution in [3.05, 3.63) is 24.5 Å². The summed E-state index contributed by atoms with van der Waals surface area (Å²) in [5, 5.41) is 8.33. The zero-order valence-corrected chi connectivity index (χ0v) is 8.71. The third kappa shape index (κ3) is 11.3. The minimum Gasteiger partial charge on any atom is -0.516 e. The van der Waals surface area contributed by atoms with Gasteiger partial charge in [0.1, 0.15) is 0 Å². The first-order valence-electron chi connectivity index (χ1n) is 5.37. The van der Waals surface area contributed by atoms with Crippen molar-refractivity contribution >= 4 is 0 Å².